The molecule has 0 aliphatic heterocycles. The van der Waals surface area contributed by atoms with Crippen LogP contribution in [0.25, 0.3) is 0 Å². The van der Waals surface area contributed by atoms with Gasteiger partial charge in [0.1, 0.15) is 0 Å². The molecular weight excluding hydrogens is 192 g/mol. The van der Waals surface area contributed by atoms with Crippen LogP contribution in [0.2, 0.25) is 0 Å². The molecule has 15 heavy (non-hydrogen) atoms. The molecule has 4 nitrogen and oxygen atoms in total. The molecule has 0 spiro atoms. The second kappa shape index (κ2) is 6.81. The molecule has 0 rings (SSSR count). The third-order valence-electron chi connectivity index (χ3n) is 1.77. The average molecular weight is 210 g/mol. The number of methoxy groups -OCH3 is 1. The van der Waals surface area contributed by atoms with Gasteiger partial charge in [-0.05, 0) is 13.0 Å². The summed E-state index contributed by atoms with van der Waals surface area (Å²) >= 11 is 0. The van der Waals surface area contributed by atoms with E-state index in [1.54, 1.807) is 19.2 Å². The van der Waals surface area contributed by atoms with Gasteiger partial charge in [0.15, 0.2) is 0 Å². The van der Waals surface area contributed by atoms with Crippen molar-refractivity contribution in [1.29, 1.82) is 0 Å². The van der Waals surface area contributed by atoms with Crippen LogP contribution >= 0.6 is 0 Å². The number of likely N-dealkylation sites (N-methyl/N-ethyl adjacent to an activating group) is 1. The van der Waals surface area contributed by atoms with Gasteiger partial charge in [-0.2, -0.15) is 0 Å². The first-order chi connectivity index (χ1) is 7.01. The molecule has 0 aliphatic rings. The highest BCUT2D eigenvalue weighted by atomic mass is 16.5. The molecule has 0 heterocycles. The van der Waals surface area contributed by atoms with Crippen molar-refractivity contribution in [3.8, 4) is 0 Å². The maximum Gasteiger partial charge on any atom is 0.311 e. The fourth-order valence-electron chi connectivity index (χ4n) is 0.854. The Morgan fingerprint density at radius 3 is 2.53 bits per heavy atom. The largest absolute Gasteiger partial charge is 0.469 e. The van der Waals surface area contributed by atoms with Crippen molar-refractivity contribution in [3.05, 3.63) is 24.6 Å². The molecule has 0 unspecified atom stereocenters. The van der Waals surface area contributed by atoms with Gasteiger partial charge in [0, 0.05) is 19.8 Å². The number of allylic oxidation sites excluding steroid dienone is 1. The summed E-state index contributed by atoms with van der Waals surface area (Å²) in [6, 6.07) is 0. The number of carbonyl (C=O) groups is 1. The van der Waals surface area contributed by atoms with Crippen LogP contribution in [-0.4, -0.2) is 37.8 Å². The predicted octanol–water partition coefficient (Wildman–Crippen LogP) is 1.60. The van der Waals surface area contributed by atoms with Crippen molar-refractivity contribution in [1.82, 2.24) is 4.90 Å². The molecule has 4 heteroatoms. The van der Waals surface area contributed by atoms with Crippen molar-refractivity contribution in [2.24, 2.45) is 4.99 Å². The van der Waals surface area contributed by atoms with Crippen LogP contribution in [0.4, 0.5) is 0 Å². The van der Waals surface area contributed by atoms with E-state index in [9.17, 15) is 4.79 Å². The summed E-state index contributed by atoms with van der Waals surface area (Å²) in [6.45, 7) is 5.45. The molecule has 0 aromatic heterocycles. The molecule has 0 fully saturated rings. The van der Waals surface area contributed by atoms with E-state index < -0.39 is 0 Å². The number of hydrogen-bond donors (Lipinski definition) is 0. The Kier molecular flexibility index (Phi) is 6.09. The summed E-state index contributed by atoms with van der Waals surface area (Å²) in [5.41, 5.74) is 1.60. The van der Waals surface area contributed by atoms with Gasteiger partial charge in [-0.15, -0.1) is 0 Å². The molecule has 0 bridgehead atoms. The van der Waals surface area contributed by atoms with Crippen LogP contribution in [0.1, 0.15) is 13.3 Å². The third-order valence-corrected chi connectivity index (χ3v) is 1.77. The number of nitrogens with zero attached hydrogens (tertiary/aromatic N) is 2. The van der Waals surface area contributed by atoms with E-state index in [1.165, 1.54) is 7.11 Å². The van der Waals surface area contributed by atoms with Gasteiger partial charge in [0.25, 0.3) is 0 Å². The van der Waals surface area contributed by atoms with E-state index in [1.807, 2.05) is 19.0 Å². The Morgan fingerprint density at radius 1 is 1.53 bits per heavy atom. The molecule has 0 aromatic carbocycles. The molecule has 0 saturated heterocycles. The lowest BCUT2D eigenvalue weighted by Gasteiger charge is -2.11. The van der Waals surface area contributed by atoms with Crippen LogP contribution in [0, 0.1) is 0 Å². The van der Waals surface area contributed by atoms with Crippen molar-refractivity contribution in [2.75, 3.05) is 21.2 Å². The average Bonchev–Trinajstić information content (AvgIpc) is 2.17. The quantitative estimate of drug-likeness (QED) is 0.393. The highest BCUT2D eigenvalue weighted by molar-refractivity contribution is 5.97. The molecule has 84 valence electrons. The maximum absolute atomic E-state index is 10.9. The van der Waals surface area contributed by atoms with E-state index in [4.69, 9.17) is 0 Å². The second-order valence-corrected chi connectivity index (χ2v) is 3.27. The lowest BCUT2D eigenvalue weighted by molar-refractivity contribution is -0.139. The zero-order valence-corrected chi connectivity index (χ0v) is 9.78. The Bertz CT molecular complexity index is 291. The number of carbonyl (C=O) groups excluding carboxylic acids is 1. The van der Waals surface area contributed by atoms with E-state index in [-0.39, 0.29) is 12.4 Å². The minimum Gasteiger partial charge on any atom is -0.469 e. The minimum absolute atomic E-state index is 0.213. The van der Waals surface area contributed by atoms with Gasteiger partial charge in [-0.25, -0.2) is 0 Å². The van der Waals surface area contributed by atoms with Gasteiger partial charge < -0.3 is 9.64 Å². The summed E-state index contributed by atoms with van der Waals surface area (Å²) in [7, 11) is 5.16. The predicted molar refractivity (Wildman–Crippen MR) is 61.7 cm³/mol. The van der Waals surface area contributed by atoms with Crippen LogP contribution < -0.4 is 0 Å². The van der Waals surface area contributed by atoms with Crippen LogP contribution in [0.5, 0.6) is 0 Å². The monoisotopic (exact) mass is 210 g/mol. The molecule has 0 N–H and O–H groups in total. The van der Waals surface area contributed by atoms with Gasteiger partial charge in [0.05, 0.1) is 25.4 Å². The molecule has 0 saturated carbocycles. The van der Waals surface area contributed by atoms with E-state index >= 15 is 0 Å². The lowest BCUT2D eigenvalue weighted by Crippen LogP contribution is -2.09. The molecule has 0 radical (unpaired) electrons. The van der Waals surface area contributed by atoms with E-state index in [0.29, 0.717) is 5.71 Å². The Balaban J connectivity index is 4.48. The first-order valence-electron chi connectivity index (χ1n) is 4.61. The summed E-state index contributed by atoms with van der Waals surface area (Å²) in [5.74, 6) is -0.283. The lowest BCUT2D eigenvalue weighted by atomic mass is 10.3. The first-order valence-corrected chi connectivity index (χ1v) is 4.61. The van der Waals surface area contributed by atoms with Crippen molar-refractivity contribution < 1.29 is 9.53 Å². The Morgan fingerprint density at radius 2 is 2.13 bits per heavy atom. The van der Waals surface area contributed by atoms with Gasteiger partial charge in [-0.1, -0.05) is 6.58 Å². The van der Waals surface area contributed by atoms with Crippen LogP contribution in [0.3, 0.4) is 0 Å². The highest BCUT2D eigenvalue weighted by Crippen LogP contribution is 2.00. The topological polar surface area (TPSA) is 41.9 Å². The number of hydrogen-bond acceptors (Lipinski definition) is 4. The number of aliphatic imine (C=N–C) groups is 1. The SMILES string of the molecule is C=C/C(=C\N=C(C)CC(=O)OC)N(C)C. The van der Waals surface area contributed by atoms with Gasteiger partial charge in [0.2, 0.25) is 0 Å². The summed E-state index contributed by atoms with van der Waals surface area (Å²) < 4.78 is 4.53. The number of esters is 1. The number of ether oxygens (including phenoxy) is 1. The Labute approximate surface area is 90.9 Å². The normalized spacial score (nSPS) is 12.3. The standard InChI is InChI=1S/C11H18N2O2/c1-6-10(13(3)4)8-12-9(2)7-11(14)15-5/h6,8H,1,7H2,2-5H3/b10-8+,12-9?. The van der Waals surface area contributed by atoms with Gasteiger partial charge in [-0.3, -0.25) is 9.79 Å². The summed E-state index contributed by atoms with van der Waals surface area (Å²) in [6.07, 6.45) is 3.59. The van der Waals surface area contributed by atoms with Crippen LogP contribution in [-0.2, 0) is 9.53 Å². The molecule has 0 aliphatic carbocycles. The minimum atomic E-state index is -0.283. The fourth-order valence-corrected chi connectivity index (χ4v) is 0.854. The third kappa shape index (κ3) is 5.67. The maximum atomic E-state index is 10.9. The summed E-state index contributed by atoms with van der Waals surface area (Å²) in [5, 5.41) is 0. The number of rotatable bonds is 5. The Hall–Kier alpha value is -1.58. The van der Waals surface area contributed by atoms with Crippen molar-refractivity contribution in [3.63, 3.8) is 0 Å². The molecule has 0 atom stereocenters. The van der Waals surface area contributed by atoms with Gasteiger partial charge >= 0.3 is 5.97 Å². The smallest absolute Gasteiger partial charge is 0.311 e. The molecule has 0 amide bonds. The van der Waals surface area contributed by atoms with Crippen LogP contribution in [0.15, 0.2) is 29.5 Å². The zero-order chi connectivity index (χ0) is 11.8. The molecule has 0 aromatic rings. The zero-order valence-electron chi connectivity index (χ0n) is 9.78. The summed E-state index contributed by atoms with van der Waals surface area (Å²) in [4.78, 5) is 17.0. The first kappa shape index (κ1) is 13.4. The van der Waals surface area contributed by atoms with E-state index in [0.717, 1.165) is 5.70 Å². The van der Waals surface area contributed by atoms with E-state index in [2.05, 4.69) is 16.3 Å². The van der Waals surface area contributed by atoms with Crippen molar-refractivity contribution in [2.45, 2.75) is 13.3 Å². The molecular formula is C11H18N2O2. The second-order valence-electron chi connectivity index (χ2n) is 3.27. The van der Waals surface area contributed by atoms with Crippen molar-refractivity contribution >= 4 is 11.7 Å². The fraction of sp³-hybridized carbons (Fsp3) is 0.455. The highest BCUT2D eigenvalue weighted by Gasteiger charge is 2.01.